The molecule has 0 bridgehead atoms. The van der Waals surface area contributed by atoms with Crippen molar-refractivity contribution in [2.45, 2.75) is 18.3 Å². The Morgan fingerprint density at radius 2 is 1.71 bits per heavy atom. The standard InChI is InChI=1S/C10H11F3S/c11-10(12,13)14-8-4-7-9-5-2-1-3-6-9/h1-3,5-6H,4,7-8H2. The molecule has 1 aromatic rings. The summed E-state index contributed by atoms with van der Waals surface area (Å²) in [5.41, 5.74) is -2.99. The van der Waals surface area contributed by atoms with Gasteiger partial charge in [0, 0.05) is 5.75 Å². The largest absolute Gasteiger partial charge is 0.441 e. The summed E-state index contributed by atoms with van der Waals surface area (Å²) in [6.45, 7) is 0. The van der Waals surface area contributed by atoms with Gasteiger partial charge in [0.1, 0.15) is 0 Å². The molecule has 0 unspecified atom stereocenters. The summed E-state index contributed by atoms with van der Waals surface area (Å²) >= 11 is 0.0528. The van der Waals surface area contributed by atoms with Gasteiger partial charge in [-0.15, -0.1) is 0 Å². The molecule has 14 heavy (non-hydrogen) atoms. The van der Waals surface area contributed by atoms with Gasteiger partial charge >= 0.3 is 5.51 Å². The minimum Gasteiger partial charge on any atom is -0.160 e. The maximum atomic E-state index is 11.7. The molecule has 0 saturated heterocycles. The van der Waals surface area contributed by atoms with Crippen LogP contribution in [0, 0.1) is 0 Å². The first-order valence-corrected chi connectivity index (χ1v) is 5.31. The molecule has 78 valence electrons. The second-order valence-electron chi connectivity index (χ2n) is 2.88. The van der Waals surface area contributed by atoms with E-state index in [0.29, 0.717) is 12.8 Å². The quantitative estimate of drug-likeness (QED) is 0.694. The van der Waals surface area contributed by atoms with Crippen LogP contribution >= 0.6 is 11.8 Å². The third-order valence-corrected chi connectivity index (χ3v) is 2.54. The molecule has 1 rings (SSSR count). The zero-order chi connectivity index (χ0) is 10.4. The third kappa shape index (κ3) is 5.17. The van der Waals surface area contributed by atoms with Crippen LogP contribution in [-0.2, 0) is 6.42 Å². The van der Waals surface area contributed by atoms with E-state index >= 15 is 0 Å². The van der Waals surface area contributed by atoms with Crippen molar-refractivity contribution in [3.63, 3.8) is 0 Å². The van der Waals surface area contributed by atoms with Crippen LogP contribution in [0.15, 0.2) is 30.3 Å². The van der Waals surface area contributed by atoms with E-state index in [9.17, 15) is 13.2 Å². The fourth-order valence-corrected chi connectivity index (χ4v) is 1.63. The van der Waals surface area contributed by atoms with Crippen LogP contribution in [0.4, 0.5) is 13.2 Å². The molecule has 0 aliphatic carbocycles. The monoisotopic (exact) mass is 220 g/mol. The second-order valence-corrected chi connectivity index (χ2v) is 4.04. The average Bonchev–Trinajstić information content (AvgIpc) is 2.13. The highest BCUT2D eigenvalue weighted by atomic mass is 32.2. The van der Waals surface area contributed by atoms with Gasteiger partial charge in [0.15, 0.2) is 0 Å². The van der Waals surface area contributed by atoms with Crippen molar-refractivity contribution in [1.82, 2.24) is 0 Å². The highest BCUT2D eigenvalue weighted by molar-refractivity contribution is 8.00. The summed E-state index contributed by atoms with van der Waals surface area (Å²) in [4.78, 5) is 0. The third-order valence-electron chi connectivity index (χ3n) is 1.72. The summed E-state index contributed by atoms with van der Waals surface area (Å²) in [5, 5.41) is 0. The van der Waals surface area contributed by atoms with E-state index in [0.717, 1.165) is 5.56 Å². The summed E-state index contributed by atoms with van der Waals surface area (Å²) in [6, 6.07) is 9.54. The lowest BCUT2D eigenvalue weighted by Gasteiger charge is -2.04. The molecule has 0 saturated carbocycles. The number of rotatable bonds is 4. The van der Waals surface area contributed by atoms with E-state index in [-0.39, 0.29) is 17.5 Å². The summed E-state index contributed by atoms with van der Waals surface area (Å²) in [5.74, 6) is 0.137. The predicted octanol–water partition coefficient (Wildman–Crippen LogP) is 3.87. The molecule has 0 radical (unpaired) electrons. The van der Waals surface area contributed by atoms with E-state index in [2.05, 4.69) is 0 Å². The van der Waals surface area contributed by atoms with Crippen molar-refractivity contribution in [3.8, 4) is 0 Å². The Hall–Kier alpha value is -0.640. The van der Waals surface area contributed by atoms with Gasteiger partial charge in [0.2, 0.25) is 0 Å². The van der Waals surface area contributed by atoms with Gasteiger partial charge in [-0.05, 0) is 18.4 Å². The highest BCUT2D eigenvalue weighted by Crippen LogP contribution is 2.30. The van der Waals surface area contributed by atoms with Gasteiger partial charge in [-0.25, -0.2) is 0 Å². The minimum absolute atomic E-state index is 0.0528. The molecule has 0 heterocycles. The SMILES string of the molecule is FC(F)(F)SCCCc1ccccc1. The van der Waals surface area contributed by atoms with Gasteiger partial charge in [-0.3, -0.25) is 0 Å². The van der Waals surface area contributed by atoms with E-state index in [1.54, 1.807) is 0 Å². The molecule has 0 nitrogen and oxygen atoms in total. The fourth-order valence-electron chi connectivity index (χ4n) is 1.11. The summed E-state index contributed by atoms with van der Waals surface area (Å²) < 4.78 is 35.2. The molecule has 0 atom stereocenters. The molecular weight excluding hydrogens is 209 g/mol. The van der Waals surface area contributed by atoms with Crippen molar-refractivity contribution in [1.29, 1.82) is 0 Å². The van der Waals surface area contributed by atoms with Crippen LogP contribution in [0.5, 0.6) is 0 Å². The zero-order valence-electron chi connectivity index (χ0n) is 7.55. The lowest BCUT2D eigenvalue weighted by molar-refractivity contribution is -0.0327. The van der Waals surface area contributed by atoms with Crippen LogP contribution in [0.25, 0.3) is 0 Å². The van der Waals surface area contributed by atoms with Crippen molar-refractivity contribution in [3.05, 3.63) is 35.9 Å². The Labute approximate surface area is 85.5 Å². The number of hydrogen-bond donors (Lipinski definition) is 0. The maximum Gasteiger partial charge on any atom is 0.441 e. The number of alkyl halides is 3. The maximum absolute atomic E-state index is 11.7. The van der Waals surface area contributed by atoms with Crippen LogP contribution in [0.2, 0.25) is 0 Å². The first kappa shape index (κ1) is 11.4. The number of aryl methyl sites for hydroxylation is 1. The normalized spacial score (nSPS) is 11.6. The molecule has 0 aliphatic rings. The minimum atomic E-state index is -4.09. The van der Waals surface area contributed by atoms with Crippen molar-refractivity contribution < 1.29 is 13.2 Å². The Balaban J connectivity index is 2.17. The molecular formula is C10H11F3S. The number of thioether (sulfide) groups is 1. The summed E-state index contributed by atoms with van der Waals surface area (Å²) in [7, 11) is 0. The van der Waals surface area contributed by atoms with E-state index < -0.39 is 5.51 Å². The molecule has 1 aromatic carbocycles. The molecule has 4 heteroatoms. The van der Waals surface area contributed by atoms with Crippen LogP contribution in [-0.4, -0.2) is 11.3 Å². The van der Waals surface area contributed by atoms with E-state index in [1.807, 2.05) is 30.3 Å². The Bertz CT molecular complexity index is 256. The van der Waals surface area contributed by atoms with E-state index in [4.69, 9.17) is 0 Å². The lowest BCUT2D eigenvalue weighted by atomic mass is 10.1. The van der Waals surface area contributed by atoms with Crippen molar-refractivity contribution in [2.24, 2.45) is 0 Å². The van der Waals surface area contributed by atoms with Crippen LogP contribution in [0.3, 0.4) is 0 Å². The first-order valence-electron chi connectivity index (χ1n) is 4.32. The molecule has 0 N–H and O–H groups in total. The average molecular weight is 220 g/mol. The summed E-state index contributed by atoms with van der Waals surface area (Å²) in [6.07, 6.45) is 1.28. The Morgan fingerprint density at radius 3 is 2.29 bits per heavy atom. The van der Waals surface area contributed by atoms with Crippen LogP contribution < -0.4 is 0 Å². The van der Waals surface area contributed by atoms with Gasteiger partial charge in [0.05, 0.1) is 0 Å². The number of halogens is 3. The van der Waals surface area contributed by atoms with Crippen molar-refractivity contribution >= 4 is 11.8 Å². The second kappa shape index (κ2) is 5.29. The van der Waals surface area contributed by atoms with E-state index in [1.165, 1.54) is 0 Å². The van der Waals surface area contributed by atoms with Gasteiger partial charge in [-0.1, -0.05) is 42.1 Å². The topological polar surface area (TPSA) is 0 Å². The zero-order valence-corrected chi connectivity index (χ0v) is 8.37. The van der Waals surface area contributed by atoms with Gasteiger partial charge in [-0.2, -0.15) is 13.2 Å². The Morgan fingerprint density at radius 1 is 1.07 bits per heavy atom. The Kier molecular flexibility index (Phi) is 4.32. The van der Waals surface area contributed by atoms with Crippen molar-refractivity contribution in [2.75, 3.05) is 5.75 Å². The molecule has 0 aliphatic heterocycles. The smallest absolute Gasteiger partial charge is 0.160 e. The van der Waals surface area contributed by atoms with Crippen LogP contribution in [0.1, 0.15) is 12.0 Å². The highest BCUT2D eigenvalue weighted by Gasteiger charge is 2.27. The lowest BCUT2D eigenvalue weighted by Crippen LogP contribution is -2.01. The molecule has 0 fully saturated rings. The fraction of sp³-hybridized carbons (Fsp3) is 0.400. The molecule has 0 spiro atoms. The molecule has 0 amide bonds. The van der Waals surface area contributed by atoms with Gasteiger partial charge < -0.3 is 0 Å². The number of benzene rings is 1. The first-order chi connectivity index (χ1) is 6.58. The van der Waals surface area contributed by atoms with Gasteiger partial charge in [0.25, 0.3) is 0 Å². The molecule has 0 aromatic heterocycles. The number of hydrogen-bond acceptors (Lipinski definition) is 1. The predicted molar refractivity (Wildman–Crippen MR) is 53.3 cm³/mol.